The molecule has 2 aromatic carbocycles. The van der Waals surface area contributed by atoms with E-state index in [4.69, 9.17) is 0 Å². The van der Waals surface area contributed by atoms with Crippen molar-refractivity contribution in [1.82, 2.24) is 19.1 Å². The molecule has 152 valence electrons. The number of nitro benzene ring substituents is 1. The summed E-state index contributed by atoms with van der Waals surface area (Å²) in [6.07, 6.45) is 3.00. The van der Waals surface area contributed by atoms with Crippen LogP contribution in [-0.2, 0) is 10.0 Å². The van der Waals surface area contributed by atoms with Crippen LogP contribution in [-0.4, -0.2) is 39.5 Å². The molecule has 0 aliphatic heterocycles. The first-order valence-electron chi connectivity index (χ1n) is 8.81. The second-order valence-corrected chi connectivity index (χ2v) is 8.74. The summed E-state index contributed by atoms with van der Waals surface area (Å²) in [7, 11) is -2.48. The Bertz CT molecular complexity index is 1140. The van der Waals surface area contributed by atoms with Gasteiger partial charge in [-0.25, -0.2) is 18.1 Å². The third kappa shape index (κ3) is 3.89. The van der Waals surface area contributed by atoms with Crippen molar-refractivity contribution in [3.05, 3.63) is 75.9 Å². The highest BCUT2D eigenvalue weighted by Crippen LogP contribution is 2.31. The normalized spacial score (nSPS) is 12.9. The molecule has 0 bridgehead atoms. The van der Waals surface area contributed by atoms with Crippen molar-refractivity contribution < 1.29 is 13.3 Å². The number of hydrogen-bond donors (Lipinski definition) is 0. The molecule has 0 fully saturated rings. The highest BCUT2D eigenvalue weighted by Gasteiger charge is 2.30. The van der Waals surface area contributed by atoms with Crippen molar-refractivity contribution >= 4 is 15.7 Å². The number of aryl methyl sites for hydroxylation is 1. The van der Waals surface area contributed by atoms with Crippen molar-refractivity contribution in [2.24, 2.45) is 0 Å². The van der Waals surface area contributed by atoms with E-state index in [0.29, 0.717) is 11.1 Å². The fraction of sp³-hybridized carbons (Fsp3) is 0.263. The van der Waals surface area contributed by atoms with Gasteiger partial charge in [0.05, 0.1) is 15.5 Å². The van der Waals surface area contributed by atoms with Gasteiger partial charge < -0.3 is 0 Å². The number of hydrogen-bond acceptors (Lipinski definition) is 6. The summed E-state index contributed by atoms with van der Waals surface area (Å²) < 4.78 is 29.3. The molecule has 10 heteroatoms. The molecule has 0 saturated carbocycles. The van der Waals surface area contributed by atoms with Gasteiger partial charge in [-0.05, 0) is 49.6 Å². The van der Waals surface area contributed by atoms with Gasteiger partial charge in [0.25, 0.3) is 5.69 Å². The number of nitrogens with zero attached hydrogens (tertiary/aromatic N) is 5. The fourth-order valence-corrected chi connectivity index (χ4v) is 4.67. The van der Waals surface area contributed by atoms with Crippen molar-refractivity contribution in [2.75, 3.05) is 7.05 Å². The second-order valence-electron chi connectivity index (χ2n) is 6.77. The first-order valence-corrected chi connectivity index (χ1v) is 10.3. The van der Waals surface area contributed by atoms with E-state index in [2.05, 4.69) is 10.1 Å². The Hall–Kier alpha value is -3.11. The number of aromatic nitrogens is 3. The van der Waals surface area contributed by atoms with Crippen LogP contribution in [0, 0.1) is 24.0 Å². The molecule has 0 spiro atoms. The molecule has 29 heavy (non-hydrogen) atoms. The van der Waals surface area contributed by atoms with E-state index in [1.165, 1.54) is 23.7 Å². The summed E-state index contributed by atoms with van der Waals surface area (Å²) in [5.74, 6) is 0. The van der Waals surface area contributed by atoms with Gasteiger partial charge in [-0.15, -0.1) is 0 Å². The maximum Gasteiger partial charge on any atom is 0.271 e. The quantitative estimate of drug-likeness (QED) is 0.452. The lowest BCUT2D eigenvalue weighted by molar-refractivity contribution is -0.385. The molecule has 1 heterocycles. The van der Waals surface area contributed by atoms with Gasteiger partial charge in [-0.2, -0.15) is 9.40 Å². The summed E-state index contributed by atoms with van der Waals surface area (Å²) in [5, 5.41) is 15.2. The van der Waals surface area contributed by atoms with E-state index in [1.807, 2.05) is 24.3 Å². The minimum atomic E-state index is -3.95. The third-order valence-corrected chi connectivity index (χ3v) is 7.13. The molecule has 1 unspecified atom stereocenters. The van der Waals surface area contributed by atoms with Crippen LogP contribution in [0.3, 0.4) is 0 Å². The molecular formula is C19H21N5O4S. The summed E-state index contributed by atoms with van der Waals surface area (Å²) in [6.45, 7) is 5.08. The van der Waals surface area contributed by atoms with Crippen LogP contribution in [0.2, 0.25) is 0 Å². The van der Waals surface area contributed by atoms with E-state index in [9.17, 15) is 18.5 Å². The summed E-state index contributed by atoms with van der Waals surface area (Å²) in [6, 6.07) is 9.30. The van der Waals surface area contributed by atoms with Crippen molar-refractivity contribution in [3.8, 4) is 5.69 Å². The van der Waals surface area contributed by atoms with E-state index in [1.54, 1.807) is 31.8 Å². The van der Waals surface area contributed by atoms with E-state index in [-0.39, 0.29) is 10.6 Å². The number of non-ortho nitro benzene ring substituents is 1. The Labute approximate surface area is 168 Å². The van der Waals surface area contributed by atoms with Crippen LogP contribution in [0.1, 0.15) is 29.7 Å². The summed E-state index contributed by atoms with van der Waals surface area (Å²) in [4.78, 5) is 14.4. The largest absolute Gasteiger partial charge is 0.271 e. The number of sulfonamides is 1. The number of benzene rings is 2. The predicted molar refractivity (Wildman–Crippen MR) is 107 cm³/mol. The fourth-order valence-electron chi connectivity index (χ4n) is 3.00. The third-order valence-electron chi connectivity index (χ3n) is 5.08. The minimum Gasteiger partial charge on any atom is -0.258 e. The van der Waals surface area contributed by atoms with Crippen LogP contribution in [0.4, 0.5) is 5.69 Å². The lowest BCUT2D eigenvalue weighted by atomic mass is 10.1. The molecule has 0 N–H and O–H groups in total. The van der Waals surface area contributed by atoms with Gasteiger partial charge in [0.2, 0.25) is 10.0 Å². The molecule has 0 aliphatic carbocycles. The number of nitro groups is 1. The van der Waals surface area contributed by atoms with Crippen molar-refractivity contribution in [3.63, 3.8) is 0 Å². The van der Waals surface area contributed by atoms with Gasteiger partial charge in [-0.3, -0.25) is 10.1 Å². The summed E-state index contributed by atoms with van der Waals surface area (Å²) in [5.41, 5.74) is 2.38. The smallest absolute Gasteiger partial charge is 0.258 e. The minimum absolute atomic E-state index is 0.0576. The average molecular weight is 415 g/mol. The molecule has 0 amide bonds. The van der Waals surface area contributed by atoms with Crippen LogP contribution >= 0.6 is 0 Å². The highest BCUT2D eigenvalue weighted by atomic mass is 32.2. The van der Waals surface area contributed by atoms with Crippen LogP contribution in [0.5, 0.6) is 0 Å². The molecule has 0 saturated heterocycles. The number of rotatable bonds is 6. The van der Waals surface area contributed by atoms with Crippen molar-refractivity contribution in [1.29, 1.82) is 0 Å². The topological polar surface area (TPSA) is 111 Å². The van der Waals surface area contributed by atoms with E-state index in [0.717, 1.165) is 17.3 Å². The first-order chi connectivity index (χ1) is 13.6. The first kappa shape index (κ1) is 20.6. The molecule has 1 aromatic heterocycles. The van der Waals surface area contributed by atoms with Crippen LogP contribution in [0.15, 0.2) is 53.9 Å². The van der Waals surface area contributed by atoms with Gasteiger partial charge in [0, 0.05) is 25.2 Å². The van der Waals surface area contributed by atoms with Gasteiger partial charge in [0.1, 0.15) is 12.7 Å². The monoisotopic (exact) mass is 415 g/mol. The Kier molecular flexibility index (Phi) is 5.49. The molecule has 1 atom stereocenters. The SMILES string of the molecule is Cc1cc([N+](=O)[O-])cc(S(=O)(=O)N(C)C(C)c2ccc(-n3cncn3)cc2)c1C. The van der Waals surface area contributed by atoms with Crippen molar-refractivity contribution in [2.45, 2.75) is 31.7 Å². The Morgan fingerprint density at radius 3 is 2.38 bits per heavy atom. The lowest BCUT2D eigenvalue weighted by Crippen LogP contribution is -2.30. The Morgan fingerprint density at radius 2 is 1.83 bits per heavy atom. The molecular weight excluding hydrogens is 394 g/mol. The molecule has 9 nitrogen and oxygen atoms in total. The molecule has 3 rings (SSSR count). The Morgan fingerprint density at radius 1 is 1.17 bits per heavy atom. The lowest BCUT2D eigenvalue weighted by Gasteiger charge is -2.26. The van der Waals surface area contributed by atoms with Gasteiger partial charge in [-0.1, -0.05) is 12.1 Å². The van der Waals surface area contributed by atoms with Gasteiger partial charge in [0.15, 0.2) is 0 Å². The zero-order valence-electron chi connectivity index (χ0n) is 16.5. The zero-order valence-corrected chi connectivity index (χ0v) is 17.3. The second kappa shape index (κ2) is 7.72. The van der Waals surface area contributed by atoms with Gasteiger partial charge >= 0.3 is 0 Å². The average Bonchev–Trinajstić information content (AvgIpc) is 3.23. The van der Waals surface area contributed by atoms with E-state index >= 15 is 0 Å². The van der Waals surface area contributed by atoms with Crippen LogP contribution in [0.25, 0.3) is 5.69 Å². The highest BCUT2D eigenvalue weighted by molar-refractivity contribution is 7.89. The standard InChI is InChI=1S/C19H21N5O4S/c1-13-9-18(24(25)26)10-19(14(13)2)29(27,28)22(4)15(3)16-5-7-17(8-6-16)23-12-20-11-21-23/h5-12,15H,1-4H3. The maximum atomic E-state index is 13.2. The zero-order chi connectivity index (χ0) is 21.3. The Balaban J connectivity index is 1.94. The van der Waals surface area contributed by atoms with E-state index < -0.39 is 21.0 Å². The summed E-state index contributed by atoms with van der Waals surface area (Å²) >= 11 is 0. The molecule has 3 aromatic rings. The molecule has 0 aliphatic rings. The maximum absolute atomic E-state index is 13.2. The predicted octanol–water partition coefficient (Wildman–Crippen LogP) is 3.17. The van der Waals surface area contributed by atoms with Crippen LogP contribution < -0.4 is 0 Å². The molecule has 0 radical (unpaired) electrons.